The molecule has 0 bridgehead atoms. The zero-order valence-corrected chi connectivity index (χ0v) is 13.8. The van der Waals surface area contributed by atoms with E-state index in [1.165, 1.54) is 5.56 Å². The molecule has 1 aromatic carbocycles. The summed E-state index contributed by atoms with van der Waals surface area (Å²) in [6.07, 6.45) is 8.21. The predicted octanol–water partition coefficient (Wildman–Crippen LogP) is 5.09. The summed E-state index contributed by atoms with van der Waals surface area (Å²) < 4.78 is 5.71. The van der Waals surface area contributed by atoms with Crippen LogP contribution < -0.4 is 0 Å². The Kier molecular flexibility index (Phi) is 9.36. The number of benzene rings is 1. The lowest BCUT2D eigenvalue weighted by molar-refractivity contribution is -0.000709. The molecule has 1 rings (SSSR count). The Bertz CT molecular complexity index is 340. The second-order valence-electron chi connectivity index (χ2n) is 6.07. The summed E-state index contributed by atoms with van der Waals surface area (Å²) in [5.74, 6) is 0. The third-order valence-corrected chi connectivity index (χ3v) is 4.03. The Morgan fingerprint density at radius 3 is 2.05 bits per heavy atom. The van der Waals surface area contributed by atoms with E-state index in [1.807, 2.05) is 18.2 Å². The quantitative estimate of drug-likeness (QED) is 0.543. The van der Waals surface area contributed by atoms with Gasteiger partial charge in [0.2, 0.25) is 0 Å². The second-order valence-corrected chi connectivity index (χ2v) is 6.07. The van der Waals surface area contributed by atoms with Crippen molar-refractivity contribution in [2.24, 2.45) is 0 Å². The molecule has 120 valence electrons. The topological polar surface area (TPSA) is 29.5 Å². The maximum atomic E-state index is 10.7. The summed E-state index contributed by atoms with van der Waals surface area (Å²) in [4.78, 5) is 0. The van der Waals surface area contributed by atoms with E-state index in [0.717, 1.165) is 58.0 Å². The van der Waals surface area contributed by atoms with E-state index < -0.39 is 5.60 Å². The van der Waals surface area contributed by atoms with Gasteiger partial charge in [0.15, 0.2) is 0 Å². The lowest BCUT2D eigenvalue weighted by atomic mass is 9.87. The molecule has 0 aliphatic rings. The Morgan fingerprint density at radius 1 is 0.905 bits per heavy atom. The van der Waals surface area contributed by atoms with Crippen molar-refractivity contribution in [1.29, 1.82) is 0 Å². The molecule has 0 radical (unpaired) electrons. The average molecular weight is 292 g/mol. The molecule has 0 aliphatic heterocycles. The average Bonchev–Trinajstić information content (AvgIpc) is 2.52. The molecule has 2 nitrogen and oxygen atoms in total. The molecule has 0 aromatic heterocycles. The summed E-state index contributed by atoms with van der Waals surface area (Å²) in [5.41, 5.74) is 0.743. The number of hydrogen-bond acceptors (Lipinski definition) is 2. The Labute approximate surface area is 130 Å². The van der Waals surface area contributed by atoms with Crippen LogP contribution in [0.15, 0.2) is 30.3 Å². The summed E-state index contributed by atoms with van der Waals surface area (Å²) in [5, 5.41) is 10.7. The van der Waals surface area contributed by atoms with E-state index >= 15 is 0 Å². The molecule has 0 heterocycles. The SMILES string of the molecule is CCCCC(O)(CCCC)CCCOCc1ccccc1. The zero-order chi connectivity index (χ0) is 15.4. The van der Waals surface area contributed by atoms with Crippen LogP contribution in [-0.2, 0) is 11.3 Å². The summed E-state index contributed by atoms with van der Waals surface area (Å²) >= 11 is 0. The Morgan fingerprint density at radius 2 is 1.48 bits per heavy atom. The summed E-state index contributed by atoms with van der Waals surface area (Å²) in [6.45, 7) is 5.77. The fourth-order valence-corrected chi connectivity index (χ4v) is 2.65. The first-order chi connectivity index (χ1) is 10.2. The molecule has 21 heavy (non-hydrogen) atoms. The van der Waals surface area contributed by atoms with Gasteiger partial charge in [-0.25, -0.2) is 0 Å². The number of hydrogen-bond donors (Lipinski definition) is 1. The van der Waals surface area contributed by atoms with Crippen molar-refractivity contribution < 1.29 is 9.84 Å². The number of unbranched alkanes of at least 4 members (excludes halogenated alkanes) is 2. The van der Waals surface area contributed by atoms with Crippen LogP contribution >= 0.6 is 0 Å². The third-order valence-electron chi connectivity index (χ3n) is 4.03. The van der Waals surface area contributed by atoms with Crippen LogP contribution in [0.4, 0.5) is 0 Å². The minimum atomic E-state index is -0.470. The van der Waals surface area contributed by atoms with Gasteiger partial charge in [-0.15, -0.1) is 0 Å². The van der Waals surface area contributed by atoms with E-state index in [9.17, 15) is 5.11 Å². The van der Waals surface area contributed by atoms with Gasteiger partial charge in [-0.3, -0.25) is 0 Å². The summed E-state index contributed by atoms with van der Waals surface area (Å²) in [6, 6.07) is 10.3. The van der Waals surface area contributed by atoms with Crippen molar-refractivity contribution in [3.05, 3.63) is 35.9 Å². The molecule has 0 spiro atoms. The van der Waals surface area contributed by atoms with Crippen LogP contribution in [0, 0.1) is 0 Å². The molecular weight excluding hydrogens is 260 g/mol. The molecule has 2 heteroatoms. The lowest BCUT2D eigenvalue weighted by Gasteiger charge is -2.28. The molecular formula is C19H32O2. The number of aliphatic hydroxyl groups is 1. The first-order valence-electron chi connectivity index (χ1n) is 8.54. The van der Waals surface area contributed by atoms with Crippen LogP contribution in [-0.4, -0.2) is 17.3 Å². The van der Waals surface area contributed by atoms with Crippen molar-refractivity contribution >= 4 is 0 Å². The van der Waals surface area contributed by atoms with Gasteiger partial charge >= 0.3 is 0 Å². The van der Waals surface area contributed by atoms with Crippen molar-refractivity contribution in [2.75, 3.05) is 6.61 Å². The second kappa shape index (κ2) is 10.8. The van der Waals surface area contributed by atoms with Crippen molar-refractivity contribution in [1.82, 2.24) is 0 Å². The number of rotatable bonds is 12. The molecule has 1 aromatic rings. The monoisotopic (exact) mass is 292 g/mol. The molecule has 0 amide bonds. The van der Waals surface area contributed by atoms with Crippen LogP contribution in [0.2, 0.25) is 0 Å². The first-order valence-corrected chi connectivity index (χ1v) is 8.54. The van der Waals surface area contributed by atoms with E-state index in [1.54, 1.807) is 0 Å². The molecule has 0 unspecified atom stereocenters. The van der Waals surface area contributed by atoms with Crippen LogP contribution in [0.5, 0.6) is 0 Å². The highest BCUT2D eigenvalue weighted by Crippen LogP contribution is 2.26. The van der Waals surface area contributed by atoms with Gasteiger partial charge in [0.1, 0.15) is 0 Å². The normalized spacial score (nSPS) is 11.8. The van der Waals surface area contributed by atoms with E-state index in [2.05, 4.69) is 26.0 Å². The standard InChI is InChI=1S/C19H32O2/c1-3-5-13-19(20,14-6-4-2)15-10-16-21-17-18-11-8-7-9-12-18/h7-9,11-12,20H,3-6,10,13-17H2,1-2H3. The molecule has 0 fully saturated rings. The maximum absolute atomic E-state index is 10.7. The summed E-state index contributed by atoms with van der Waals surface area (Å²) in [7, 11) is 0. The van der Waals surface area contributed by atoms with Crippen LogP contribution in [0.1, 0.15) is 70.8 Å². The van der Waals surface area contributed by atoms with Gasteiger partial charge in [0, 0.05) is 6.61 Å². The highest BCUT2D eigenvalue weighted by Gasteiger charge is 2.24. The smallest absolute Gasteiger partial charge is 0.0716 e. The van der Waals surface area contributed by atoms with Gasteiger partial charge in [0.05, 0.1) is 12.2 Å². The van der Waals surface area contributed by atoms with E-state index in [0.29, 0.717) is 6.61 Å². The van der Waals surface area contributed by atoms with E-state index in [4.69, 9.17) is 4.74 Å². The third kappa shape index (κ3) is 8.23. The van der Waals surface area contributed by atoms with Gasteiger partial charge in [-0.2, -0.15) is 0 Å². The van der Waals surface area contributed by atoms with Crippen molar-refractivity contribution in [3.63, 3.8) is 0 Å². The Balaban J connectivity index is 2.22. The fraction of sp³-hybridized carbons (Fsp3) is 0.684. The van der Waals surface area contributed by atoms with Gasteiger partial charge in [-0.1, -0.05) is 69.9 Å². The van der Waals surface area contributed by atoms with Crippen LogP contribution in [0.25, 0.3) is 0 Å². The number of ether oxygens (including phenoxy) is 1. The Hall–Kier alpha value is -0.860. The van der Waals surface area contributed by atoms with E-state index in [-0.39, 0.29) is 0 Å². The molecule has 0 saturated heterocycles. The van der Waals surface area contributed by atoms with Crippen LogP contribution in [0.3, 0.4) is 0 Å². The molecule has 0 aliphatic carbocycles. The van der Waals surface area contributed by atoms with Gasteiger partial charge < -0.3 is 9.84 Å². The van der Waals surface area contributed by atoms with Crippen molar-refractivity contribution in [3.8, 4) is 0 Å². The molecule has 0 atom stereocenters. The molecule has 0 saturated carbocycles. The highest BCUT2D eigenvalue weighted by molar-refractivity contribution is 5.13. The predicted molar refractivity (Wildman–Crippen MR) is 89.3 cm³/mol. The zero-order valence-electron chi connectivity index (χ0n) is 13.8. The largest absolute Gasteiger partial charge is 0.390 e. The van der Waals surface area contributed by atoms with Crippen molar-refractivity contribution in [2.45, 2.75) is 77.4 Å². The lowest BCUT2D eigenvalue weighted by Crippen LogP contribution is -2.29. The van der Waals surface area contributed by atoms with Gasteiger partial charge in [-0.05, 0) is 31.2 Å². The first kappa shape index (κ1) is 18.2. The maximum Gasteiger partial charge on any atom is 0.0716 e. The molecule has 1 N–H and O–H groups in total. The van der Waals surface area contributed by atoms with Gasteiger partial charge in [0.25, 0.3) is 0 Å². The minimum absolute atomic E-state index is 0.470. The fourth-order valence-electron chi connectivity index (χ4n) is 2.65. The highest BCUT2D eigenvalue weighted by atomic mass is 16.5. The minimum Gasteiger partial charge on any atom is -0.390 e.